The summed E-state index contributed by atoms with van der Waals surface area (Å²) in [5.41, 5.74) is 0.733. The van der Waals surface area contributed by atoms with Crippen LogP contribution in [0.4, 0.5) is 0 Å². The third-order valence-corrected chi connectivity index (χ3v) is 5.78. The van der Waals surface area contributed by atoms with E-state index in [-0.39, 0.29) is 11.5 Å². The van der Waals surface area contributed by atoms with Crippen molar-refractivity contribution in [3.8, 4) is 5.75 Å². The quantitative estimate of drug-likeness (QED) is 0.412. The number of benzene rings is 1. The lowest BCUT2D eigenvalue weighted by molar-refractivity contribution is -0.305. The average Bonchev–Trinajstić information content (AvgIpc) is 2.62. The molecule has 0 aliphatic carbocycles. The Kier molecular flexibility index (Phi) is 7.87. The molecule has 2 rings (SSSR count). The zero-order valence-corrected chi connectivity index (χ0v) is 19.2. The molecule has 0 bridgehead atoms. The molecule has 1 aliphatic rings. The molecule has 0 saturated carbocycles. The second-order valence-electron chi connectivity index (χ2n) is 8.92. The standard InChI is InChI=1S/C22H36O5Si/c1-8-9-20(27-28(5,6)7)22(16-25-21(2,3)26-17-22)15-24-14-18-10-12-19(23-4)13-11-18/h8,10-13,20H,1,9,14-17H2,2-7H3/t20-/m1/s1. The first-order chi connectivity index (χ1) is 13.1. The molecular weight excluding hydrogens is 372 g/mol. The molecule has 0 unspecified atom stereocenters. The SMILES string of the molecule is C=CC[C@@H](O[Si](C)(C)C)C1(COCc2ccc(OC)cc2)COC(C)(C)OC1. The summed E-state index contributed by atoms with van der Waals surface area (Å²) in [5.74, 6) is 0.253. The summed E-state index contributed by atoms with van der Waals surface area (Å²) >= 11 is 0. The van der Waals surface area contributed by atoms with Crippen molar-refractivity contribution in [1.29, 1.82) is 0 Å². The van der Waals surface area contributed by atoms with E-state index in [1.807, 2.05) is 44.2 Å². The van der Waals surface area contributed by atoms with Gasteiger partial charge < -0.3 is 23.4 Å². The molecule has 158 valence electrons. The van der Waals surface area contributed by atoms with E-state index >= 15 is 0 Å². The van der Waals surface area contributed by atoms with Gasteiger partial charge in [0.05, 0.1) is 45.1 Å². The molecular formula is C22H36O5Si. The van der Waals surface area contributed by atoms with Gasteiger partial charge in [-0.1, -0.05) is 18.2 Å². The average molecular weight is 409 g/mol. The first-order valence-electron chi connectivity index (χ1n) is 9.86. The largest absolute Gasteiger partial charge is 0.497 e. The maximum atomic E-state index is 6.53. The number of hydrogen-bond acceptors (Lipinski definition) is 5. The molecule has 0 radical (unpaired) electrons. The Labute approximate surface area is 171 Å². The summed E-state index contributed by atoms with van der Waals surface area (Å²) in [6, 6.07) is 7.92. The summed E-state index contributed by atoms with van der Waals surface area (Å²) in [7, 11) is -0.101. The van der Waals surface area contributed by atoms with Crippen LogP contribution in [0.15, 0.2) is 36.9 Å². The number of rotatable bonds is 10. The second-order valence-corrected chi connectivity index (χ2v) is 13.4. The molecule has 1 aromatic rings. The van der Waals surface area contributed by atoms with Crippen LogP contribution in [0.1, 0.15) is 25.8 Å². The fourth-order valence-corrected chi connectivity index (χ4v) is 4.38. The van der Waals surface area contributed by atoms with Gasteiger partial charge in [0.2, 0.25) is 0 Å². The zero-order chi connectivity index (χ0) is 20.8. The van der Waals surface area contributed by atoms with Crippen molar-refractivity contribution in [2.75, 3.05) is 26.9 Å². The number of ether oxygens (including phenoxy) is 4. The van der Waals surface area contributed by atoms with E-state index in [0.717, 1.165) is 17.7 Å². The Morgan fingerprint density at radius 1 is 1.14 bits per heavy atom. The maximum Gasteiger partial charge on any atom is 0.184 e. The Balaban J connectivity index is 2.11. The van der Waals surface area contributed by atoms with Crippen LogP contribution < -0.4 is 4.74 Å². The summed E-state index contributed by atoms with van der Waals surface area (Å²) < 4.78 is 30.0. The van der Waals surface area contributed by atoms with Crippen molar-refractivity contribution < 1.29 is 23.4 Å². The van der Waals surface area contributed by atoms with Crippen molar-refractivity contribution in [2.24, 2.45) is 5.41 Å². The van der Waals surface area contributed by atoms with Gasteiger partial charge >= 0.3 is 0 Å². The number of hydrogen-bond donors (Lipinski definition) is 0. The van der Waals surface area contributed by atoms with E-state index in [4.69, 9.17) is 23.4 Å². The van der Waals surface area contributed by atoms with Crippen LogP contribution in [-0.4, -0.2) is 47.1 Å². The van der Waals surface area contributed by atoms with Crippen LogP contribution in [0.2, 0.25) is 19.6 Å². The molecule has 1 aromatic carbocycles. The fourth-order valence-electron chi connectivity index (χ4n) is 3.18. The van der Waals surface area contributed by atoms with Gasteiger partial charge in [-0.3, -0.25) is 0 Å². The van der Waals surface area contributed by atoms with E-state index in [1.165, 1.54) is 0 Å². The van der Waals surface area contributed by atoms with Gasteiger partial charge in [0.25, 0.3) is 0 Å². The lowest BCUT2D eigenvalue weighted by atomic mass is 9.81. The van der Waals surface area contributed by atoms with E-state index in [0.29, 0.717) is 26.4 Å². The molecule has 0 amide bonds. The molecule has 0 N–H and O–H groups in total. The zero-order valence-electron chi connectivity index (χ0n) is 18.2. The maximum absolute atomic E-state index is 6.53. The first kappa shape index (κ1) is 23.1. The number of methoxy groups -OCH3 is 1. The minimum atomic E-state index is -1.77. The van der Waals surface area contributed by atoms with Gasteiger partial charge in [-0.15, -0.1) is 6.58 Å². The van der Waals surface area contributed by atoms with E-state index in [2.05, 4.69) is 26.2 Å². The third kappa shape index (κ3) is 6.71. The highest BCUT2D eigenvalue weighted by molar-refractivity contribution is 6.69. The molecule has 1 saturated heterocycles. The highest BCUT2D eigenvalue weighted by Crippen LogP contribution is 2.37. The van der Waals surface area contributed by atoms with Crippen LogP contribution in [0.25, 0.3) is 0 Å². The Hall–Kier alpha value is -1.18. The first-order valence-corrected chi connectivity index (χ1v) is 13.3. The van der Waals surface area contributed by atoms with Gasteiger partial charge in [-0.2, -0.15) is 0 Å². The highest BCUT2D eigenvalue weighted by Gasteiger charge is 2.47. The summed E-state index contributed by atoms with van der Waals surface area (Å²) in [4.78, 5) is 0. The van der Waals surface area contributed by atoms with Crippen LogP contribution >= 0.6 is 0 Å². The minimum Gasteiger partial charge on any atom is -0.497 e. The van der Waals surface area contributed by atoms with Gasteiger partial charge in [-0.25, -0.2) is 0 Å². The highest BCUT2D eigenvalue weighted by atomic mass is 28.4. The van der Waals surface area contributed by atoms with Crippen molar-refractivity contribution in [3.05, 3.63) is 42.5 Å². The van der Waals surface area contributed by atoms with Crippen LogP contribution in [0, 0.1) is 5.41 Å². The fraction of sp³-hybridized carbons (Fsp3) is 0.636. The van der Waals surface area contributed by atoms with Crippen LogP contribution in [0.3, 0.4) is 0 Å². The van der Waals surface area contributed by atoms with Crippen molar-refractivity contribution in [2.45, 2.75) is 58.4 Å². The molecule has 5 nitrogen and oxygen atoms in total. The minimum absolute atomic E-state index is 0.0522. The smallest absolute Gasteiger partial charge is 0.184 e. The lowest BCUT2D eigenvalue weighted by Crippen LogP contribution is -2.57. The molecule has 1 atom stereocenters. The van der Waals surface area contributed by atoms with Gasteiger partial charge in [0, 0.05) is 0 Å². The summed E-state index contributed by atoms with van der Waals surface area (Å²) in [6.45, 7) is 16.5. The van der Waals surface area contributed by atoms with Crippen molar-refractivity contribution in [3.63, 3.8) is 0 Å². The van der Waals surface area contributed by atoms with Crippen molar-refractivity contribution >= 4 is 8.32 Å². The Morgan fingerprint density at radius 3 is 2.25 bits per heavy atom. The topological polar surface area (TPSA) is 46.2 Å². The predicted molar refractivity (Wildman–Crippen MR) is 114 cm³/mol. The Bertz CT molecular complexity index is 611. The molecule has 28 heavy (non-hydrogen) atoms. The van der Waals surface area contributed by atoms with Crippen molar-refractivity contribution in [1.82, 2.24) is 0 Å². The summed E-state index contributed by atoms with van der Waals surface area (Å²) in [5, 5.41) is 0. The molecule has 1 heterocycles. The second kappa shape index (κ2) is 9.54. The normalized spacial score (nSPS) is 19.8. The lowest BCUT2D eigenvalue weighted by Gasteiger charge is -2.48. The monoisotopic (exact) mass is 408 g/mol. The predicted octanol–water partition coefficient (Wildman–Crippen LogP) is 4.78. The Morgan fingerprint density at radius 2 is 1.75 bits per heavy atom. The van der Waals surface area contributed by atoms with E-state index < -0.39 is 14.1 Å². The molecule has 1 fully saturated rings. The molecule has 0 aromatic heterocycles. The van der Waals surface area contributed by atoms with Gasteiger partial charge in [0.15, 0.2) is 14.1 Å². The van der Waals surface area contributed by atoms with Gasteiger partial charge in [0.1, 0.15) is 5.75 Å². The van der Waals surface area contributed by atoms with E-state index in [1.54, 1.807) is 7.11 Å². The summed E-state index contributed by atoms with van der Waals surface area (Å²) in [6.07, 6.45) is 2.60. The molecule has 6 heteroatoms. The van der Waals surface area contributed by atoms with Gasteiger partial charge in [-0.05, 0) is 57.6 Å². The van der Waals surface area contributed by atoms with Crippen LogP contribution in [0.5, 0.6) is 5.75 Å². The molecule has 1 aliphatic heterocycles. The third-order valence-electron chi connectivity index (χ3n) is 4.79. The molecule has 0 spiro atoms. The van der Waals surface area contributed by atoms with Crippen LogP contribution in [-0.2, 0) is 25.2 Å². The van der Waals surface area contributed by atoms with E-state index in [9.17, 15) is 0 Å².